The third kappa shape index (κ3) is 2.39. The Kier molecular flexibility index (Phi) is 3.32. The Labute approximate surface area is 113 Å². The molecule has 0 aliphatic carbocycles. The number of fused-ring (bicyclic) bond motifs is 1. The molecule has 0 aromatic heterocycles. The Morgan fingerprint density at radius 1 is 1.21 bits per heavy atom. The molecule has 0 saturated carbocycles. The number of carbonyl (C=O) groups is 1. The van der Waals surface area contributed by atoms with Crippen molar-refractivity contribution < 1.29 is 14.3 Å². The van der Waals surface area contributed by atoms with Crippen LogP contribution in [0.3, 0.4) is 0 Å². The molecule has 4 heteroatoms. The molecule has 1 aromatic carbocycles. The number of benzene rings is 1. The van der Waals surface area contributed by atoms with Gasteiger partial charge >= 0.3 is 0 Å². The Bertz CT molecular complexity index is 486. The molecule has 1 fully saturated rings. The Morgan fingerprint density at radius 2 is 2.00 bits per heavy atom. The summed E-state index contributed by atoms with van der Waals surface area (Å²) in [5, 5.41) is 0. The molecule has 19 heavy (non-hydrogen) atoms. The first-order chi connectivity index (χ1) is 9.25. The highest BCUT2D eigenvalue weighted by molar-refractivity contribution is 5.74. The van der Waals surface area contributed by atoms with Crippen LogP contribution in [0.5, 0.6) is 11.5 Å². The Morgan fingerprint density at radius 3 is 2.79 bits per heavy atom. The molecule has 4 nitrogen and oxygen atoms in total. The van der Waals surface area contributed by atoms with Crippen molar-refractivity contribution in [3.8, 4) is 11.5 Å². The van der Waals surface area contributed by atoms with Gasteiger partial charge in [-0.25, -0.2) is 0 Å². The van der Waals surface area contributed by atoms with Crippen molar-refractivity contribution in [2.45, 2.75) is 32.2 Å². The highest BCUT2D eigenvalue weighted by atomic mass is 16.5. The van der Waals surface area contributed by atoms with E-state index >= 15 is 0 Å². The minimum absolute atomic E-state index is 0.148. The van der Waals surface area contributed by atoms with Crippen molar-refractivity contribution in [2.75, 3.05) is 19.8 Å². The number of carbonyl (C=O) groups excluding carboxylic acids is 1. The van der Waals surface area contributed by atoms with E-state index in [9.17, 15) is 4.79 Å². The first-order valence-electron chi connectivity index (χ1n) is 6.92. The van der Waals surface area contributed by atoms with Crippen LogP contribution in [-0.2, 0) is 4.79 Å². The van der Waals surface area contributed by atoms with E-state index < -0.39 is 0 Å². The summed E-state index contributed by atoms with van der Waals surface area (Å²) in [4.78, 5) is 13.6. The molecule has 3 rings (SSSR count). The maximum absolute atomic E-state index is 11.6. The van der Waals surface area contributed by atoms with Crippen molar-refractivity contribution in [2.24, 2.45) is 0 Å². The van der Waals surface area contributed by atoms with Gasteiger partial charge in [-0.3, -0.25) is 4.79 Å². The van der Waals surface area contributed by atoms with Crippen molar-refractivity contribution >= 4 is 5.91 Å². The van der Waals surface area contributed by atoms with Gasteiger partial charge in [0.15, 0.2) is 11.5 Å². The molecule has 0 bridgehead atoms. The average Bonchev–Trinajstić information content (AvgIpc) is 2.78. The second kappa shape index (κ2) is 5.11. The zero-order valence-corrected chi connectivity index (χ0v) is 11.2. The first kappa shape index (κ1) is 12.3. The SMILES string of the molecule is CC(=O)N1CCCC1c1ccc2c(c1)OCCCO2. The van der Waals surface area contributed by atoms with E-state index in [4.69, 9.17) is 9.47 Å². The van der Waals surface area contributed by atoms with Crippen LogP contribution in [-0.4, -0.2) is 30.6 Å². The fourth-order valence-corrected chi connectivity index (χ4v) is 2.88. The van der Waals surface area contributed by atoms with Crippen molar-refractivity contribution in [3.05, 3.63) is 23.8 Å². The van der Waals surface area contributed by atoms with Crippen LogP contribution in [0, 0.1) is 0 Å². The molecule has 1 unspecified atom stereocenters. The van der Waals surface area contributed by atoms with Gasteiger partial charge in [-0.05, 0) is 30.5 Å². The van der Waals surface area contributed by atoms with Gasteiger partial charge in [0, 0.05) is 19.9 Å². The number of amides is 1. The lowest BCUT2D eigenvalue weighted by Gasteiger charge is -2.24. The van der Waals surface area contributed by atoms with E-state index in [-0.39, 0.29) is 11.9 Å². The normalized spacial score (nSPS) is 22.2. The number of nitrogens with zero attached hydrogens (tertiary/aromatic N) is 1. The van der Waals surface area contributed by atoms with Crippen molar-refractivity contribution in [1.29, 1.82) is 0 Å². The largest absolute Gasteiger partial charge is 0.490 e. The average molecular weight is 261 g/mol. The Hall–Kier alpha value is -1.71. The van der Waals surface area contributed by atoms with Crippen LogP contribution in [0.4, 0.5) is 0 Å². The van der Waals surface area contributed by atoms with E-state index in [0.717, 1.165) is 42.9 Å². The Balaban J connectivity index is 1.89. The maximum atomic E-state index is 11.6. The third-order valence-corrected chi connectivity index (χ3v) is 3.81. The van der Waals surface area contributed by atoms with Gasteiger partial charge in [0.1, 0.15) is 0 Å². The van der Waals surface area contributed by atoms with E-state index in [1.165, 1.54) is 0 Å². The van der Waals surface area contributed by atoms with Crippen LogP contribution in [0.15, 0.2) is 18.2 Å². The number of hydrogen-bond donors (Lipinski definition) is 0. The lowest BCUT2D eigenvalue weighted by molar-refractivity contribution is -0.129. The molecule has 2 aliphatic heterocycles. The van der Waals surface area contributed by atoms with Crippen molar-refractivity contribution in [1.82, 2.24) is 4.90 Å². The van der Waals surface area contributed by atoms with Crippen molar-refractivity contribution in [3.63, 3.8) is 0 Å². The molecule has 0 spiro atoms. The van der Waals surface area contributed by atoms with E-state index in [2.05, 4.69) is 6.07 Å². The second-order valence-electron chi connectivity index (χ2n) is 5.13. The van der Waals surface area contributed by atoms with Gasteiger partial charge in [0.2, 0.25) is 5.91 Å². The summed E-state index contributed by atoms with van der Waals surface area (Å²) >= 11 is 0. The lowest BCUT2D eigenvalue weighted by atomic mass is 10.0. The summed E-state index contributed by atoms with van der Waals surface area (Å²) in [7, 11) is 0. The van der Waals surface area contributed by atoms with Crippen LogP contribution in [0.25, 0.3) is 0 Å². The maximum Gasteiger partial charge on any atom is 0.219 e. The monoisotopic (exact) mass is 261 g/mol. The third-order valence-electron chi connectivity index (χ3n) is 3.81. The molecule has 1 aromatic rings. The number of ether oxygens (including phenoxy) is 2. The van der Waals surface area contributed by atoms with Crippen LogP contribution in [0.1, 0.15) is 37.8 Å². The summed E-state index contributed by atoms with van der Waals surface area (Å²) in [5.41, 5.74) is 1.15. The quantitative estimate of drug-likeness (QED) is 0.779. The van der Waals surface area contributed by atoms with Gasteiger partial charge in [-0.2, -0.15) is 0 Å². The molecule has 0 radical (unpaired) electrons. The minimum atomic E-state index is 0.148. The zero-order valence-electron chi connectivity index (χ0n) is 11.2. The molecule has 1 atom stereocenters. The number of hydrogen-bond acceptors (Lipinski definition) is 3. The summed E-state index contributed by atoms with van der Waals surface area (Å²) in [6.07, 6.45) is 3.00. The molecule has 2 aliphatic rings. The standard InChI is InChI=1S/C15H19NO3/c1-11(17)16-7-2-4-13(16)12-5-6-14-15(10-12)19-9-3-8-18-14/h5-6,10,13H,2-4,7-9H2,1H3. The lowest BCUT2D eigenvalue weighted by Crippen LogP contribution is -2.28. The fraction of sp³-hybridized carbons (Fsp3) is 0.533. The van der Waals surface area contributed by atoms with Gasteiger partial charge < -0.3 is 14.4 Å². The highest BCUT2D eigenvalue weighted by Crippen LogP contribution is 2.37. The molecule has 1 amide bonds. The smallest absolute Gasteiger partial charge is 0.219 e. The van der Waals surface area contributed by atoms with Gasteiger partial charge in [0.05, 0.1) is 19.3 Å². The first-order valence-corrected chi connectivity index (χ1v) is 6.92. The van der Waals surface area contributed by atoms with Gasteiger partial charge in [0.25, 0.3) is 0 Å². The molecular weight excluding hydrogens is 242 g/mol. The molecule has 1 saturated heterocycles. The van der Waals surface area contributed by atoms with Crippen LogP contribution < -0.4 is 9.47 Å². The molecular formula is C15H19NO3. The minimum Gasteiger partial charge on any atom is -0.490 e. The van der Waals surface area contributed by atoms with Crippen LogP contribution >= 0.6 is 0 Å². The van der Waals surface area contributed by atoms with E-state index in [1.807, 2.05) is 17.0 Å². The predicted molar refractivity (Wildman–Crippen MR) is 71.4 cm³/mol. The zero-order chi connectivity index (χ0) is 13.2. The summed E-state index contributed by atoms with van der Waals surface area (Å²) in [5.74, 6) is 1.77. The predicted octanol–water partition coefficient (Wildman–Crippen LogP) is 2.53. The molecule has 102 valence electrons. The second-order valence-corrected chi connectivity index (χ2v) is 5.13. The summed E-state index contributed by atoms with van der Waals surface area (Å²) < 4.78 is 11.4. The highest BCUT2D eigenvalue weighted by Gasteiger charge is 2.28. The summed E-state index contributed by atoms with van der Waals surface area (Å²) in [6, 6.07) is 6.24. The van der Waals surface area contributed by atoms with Gasteiger partial charge in [-0.1, -0.05) is 6.07 Å². The summed E-state index contributed by atoms with van der Waals surface area (Å²) in [6.45, 7) is 3.89. The van der Waals surface area contributed by atoms with Crippen LogP contribution in [0.2, 0.25) is 0 Å². The molecule has 0 N–H and O–H groups in total. The van der Waals surface area contributed by atoms with Gasteiger partial charge in [-0.15, -0.1) is 0 Å². The topological polar surface area (TPSA) is 38.8 Å². The molecule has 2 heterocycles. The van der Waals surface area contributed by atoms with E-state index in [0.29, 0.717) is 13.2 Å². The fourth-order valence-electron chi connectivity index (χ4n) is 2.88. The number of likely N-dealkylation sites (tertiary alicyclic amines) is 1. The van der Waals surface area contributed by atoms with E-state index in [1.54, 1.807) is 6.92 Å². The number of rotatable bonds is 1.